The molecule has 0 amide bonds. The average molecular weight is 172 g/mol. The number of rotatable bonds is 1. The van der Waals surface area contributed by atoms with Gasteiger partial charge in [0.05, 0.1) is 0 Å². The van der Waals surface area contributed by atoms with Crippen LogP contribution < -0.4 is 0 Å². The maximum atomic E-state index is 13.1. The molecule has 0 aliphatic heterocycles. The van der Waals surface area contributed by atoms with Crippen molar-refractivity contribution in [3.63, 3.8) is 0 Å². The van der Waals surface area contributed by atoms with Gasteiger partial charge in [0.25, 0.3) is 0 Å². The topological polar surface area (TPSA) is 0 Å². The molecular formula is C9H14FP. The first kappa shape index (κ1) is 8.93. The highest BCUT2D eigenvalue weighted by Gasteiger charge is 2.13. The van der Waals surface area contributed by atoms with Crippen LogP contribution in [0.15, 0.2) is 22.8 Å². The zero-order valence-electron chi connectivity index (χ0n) is 7.02. The summed E-state index contributed by atoms with van der Waals surface area (Å²) in [6.07, 6.45) is 3.39. The van der Waals surface area contributed by atoms with Crippen LogP contribution in [-0.4, -0.2) is 0 Å². The van der Waals surface area contributed by atoms with Crippen LogP contribution in [0.2, 0.25) is 0 Å². The molecule has 1 unspecified atom stereocenters. The Balaban J connectivity index is 2.89. The van der Waals surface area contributed by atoms with E-state index in [1.54, 1.807) is 0 Å². The summed E-state index contributed by atoms with van der Waals surface area (Å²) in [6.45, 7) is 4.04. The summed E-state index contributed by atoms with van der Waals surface area (Å²) in [5, 5.41) is 1.22. The van der Waals surface area contributed by atoms with E-state index in [-0.39, 0.29) is 5.83 Å². The molecule has 0 saturated heterocycles. The average Bonchev–Trinajstić information content (AvgIpc) is 1.94. The van der Waals surface area contributed by atoms with Crippen LogP contribution in [0.4, 0.5) is 4.39 Å². The Morgan fingerprint density at radius 2 is 2.09 bits per heavy atom. The van der Waals surface area contributed by atoms with E-state index in [1.165, 1.54) is 5.31 Å². The summed E-state index contributed by atoms with van der Waals surface area (Å²) >= 11 is 0. The van der Waals surface area contributed by atoms with Gasteiger partial charge in [-0.1, -0.05) is 25.2 Å². The Hall–Kier alpha value is -0.160. The van der Waals surface area contributed by atoms with Gasteiger partial charge in [0.15, 0.2) is 0 Å². The van der Waals surface area contributed by atoms with Crippen molar-refractivity contribution in [3.05, 3.63) is 22.8 Å². The first-order valence-corrected chi connectivity index (χ1v) is 4.53. The van der Waals surface area contributed by atoms with Crippen LogP contribution in [0.1, 0.15) is 26.7 Å². The first-order chi connectivity index (χ1) is 5.11. The SMILES string of the molecule is CC(C)C1=C(F)CCC(P)=C1. The number of allylic oxidation sites excluding steroid dienone is 4. The van der Waals surface area contributed by atoms with Gasteiger partial charge >= 0.3 is 0 Å². The van der Waals surface area contributed by atoms with Crippen LogP contribution in [-0.2, 0) is 0 Å². The van der Waals surface area contributed by atoms with E-state index in [2.05, 4.69) is 9.24 Å². The van der Waals surface area contributed by atoms with Crippen LogP contribution in [0.25, 0.3) is 0 Å². The maximum absolute atomic E-state index is 13.1. The summed E-state index contributed by atoms with van der Waals surface area (Å²) in [4.78, 5) is 0. The molecule has 1 atom stereocenters. The van der Waals surface area contributed by atoms with Crippen LogP contribution in [0, 0.1) is 5.92 Å². The lowest BCUT2D eigenvalue weighted by Gasteiger charge is -2.15. The first-order valence-electron chi connectivity index (χ1n) is 3.96. The standard InChI is InChI=1S/C9H14FP/c1-6(2)8-5-7(11)3-4-9(8)10/h5-6H,3-4,11H2,1-2H3. The van der Waals surface area contributed by atoms with Crippen LogP contribution in [0.5, 0.6) is 0 Å². The minimum absolute atomic E-state index is 0.0752. The normalized spacial score (nSPS) is 19.2. The molecule has 0 heterocycles. The molecule has 0 radical (unpaired) electrons. The molecule has 1 aliphatic rings. The molecule has 0 nitrogen and oxygen atoms in total. The summed E-state index contributed by atoms with van der Waals surface area (Å²) in [6, 6.07) is 0. The highest BCUT2D eigenvalue weighted by molar-refractivity contribution is 7.22. The molecule has 0 saturated carbocycles. The second kappa shape index (κ2) is 3.49. The molecular weight excluding hydrogens is 158 g/mol. The monoisotopic (exact) mass is 172 g/mol. The Morgan fingerprint density at radius 3 is 2.55 bits per heavy atom. The third-order valence-electron chi connectivity index (χ3n) is 1.91. The van der Waals surface area contributed by atoms with Crippen molar-refractivity contribution in [2.75, 3.05) is 0 Å². The number of hydrogen-bond donors (Lipinski definition) is 0. The second-order valence-corrected chi connectivity index (χ2v) is 3.98. The van der Waals surface area contributed by atoms with E-state index in [1.807, 2.05) is 19.9 Å². The molecule has 0 aromatic carbocycles. The van der Waals surface area contributed by atoms with Gasteiger partial charge in [0, 0.05) is 6.42 Å². The number of hydrogen-bond acceptors (Lipinski definition) is 0. The molecule has 0 aromatic rings. The van der Waals surface area contributed by atoms with Crippen molar-refractivity contribution in [2.24, 2.45) is 5.92 Å². The summed E-state index contributed by atoms with van der Waals surface area (Å²) in [7, 11) is 2.65. The fourth-order valence-electron chi connectivity index (χ4n) is 1.23. The molecule has 0 spiro atoms. The van der Waals surface area contributed by atoms with E-state index in [4.69, 9.17) is 0 Å². The summed E-state index contributed by atoms with van der Waals surface area (Å²) in [5.41, 5.74) is 0.876. The van der Waals surface area contributed by atoms with Crippen molar-refractivity contribution >= 4 is 9.24 Å². The van der Waals surface area contributed by atoms with Gasteiger partial charge in [0.2, 0.25) is 0 Å². The smallest absolute Gasteiger partial charge is 0.104 e. The highest BCUT2D eigenvalue weighted by Crippen LogP contribution is 2.31. The van der Waals surface area contributed by atoms with E-state index in [0.29, 0.717) is 12.3 Å². The van der Waals surface area contributed by atoms with Gasteiger partial charge in [-0.25, -0.2) is 4.39 Å². The fourth-order valence-corrected chi connectivity index (χ4v) is 1.55. The molecule has 0 aromatic heterocycles. The molecule has 11 heavy (non-hydrogen) atoms. The van der Waals surface area contributed by atoms with Crippen molar-refractivity contribution < 1.29 is 4.39 Å². The molecule has 1 aliphatic carbocycles. The molecule has 0 N–H and O–H groups in total. The Kier molecular flexibility index (Phi) is 2.84. The Bertz CT molecular complexity index is 214. The maximum Gasteiger partial charge on any atom is 0.104 e. The second-order valence-electron chi connectivity index (χ2n) is 3.23. The number of halogens is 1. The van der Waals surface area contributed by atoms with Gasteiger partial charge in [-0.05, 0) is 17.9 Å². The molecule has 0 bridgehead atoms. The largest absolute Gasteiger partial charge is 0.212 e. The fraction of sp³-hybridized carbons (Fsp3) is 0.556. The van der Waals surface area contributed by atoms with Gasteiger partial charge in [-0.2, -0.15) is 0 Å². The van der Waals surface area contributed by atoms with E-state index < -0.39 is 0 Å². The van der Waals surface area contributed by atoms with Gasteiger partial charge in [0.1, 0.15) is 5.83 Å². The van der Waals surface area contributed by atoms with Crippen molar-refractivity contribution in [2.45, 2.75) is 26.7 Å². The molecule has 62 valence electrons. The van der Waals surface area contributed by atoms with Crippen LogP contribution >= 0.6 is 9.24 Å². The van der Waals surface area contributed by atoms with Crippen molar-refractivity contribution in [1.29, 1.82) is 0 Å². The molecule has 0 fully saturated rings. The van der Waals surface area contributed by atoms with Crippen molar-refractivity contribution in [1.82, 2.24) is 0 Å². The molecule has 1 rings (SSSR count). The zero-order valence-corrected chi connectivity index (χ0v) is 8.18. The van der Waals surface area contributed by atoms with Gasteiger partial charge < -0.3 is 0 Å². The van der Waals surface area contributed by atoms with E-state index >= 15 is 0 Å². The lowest BCUT2D eigenvalue weighted by molar-refractivity contribution is 0.554. The minimum Gasteiger partial charge on any atom is -0.212 e. The van der Waals surface area contributed by atoms with E-state index in [0.717, 1.165) is 12.0 Å². The molecule has 2 heteroatoms. The quantitative estimate of drug-likeness (QED) is 0.531. The van der Waals surface area contributed by atoms with Gasteiger partial charge in [-0.3, -0.25) is 0 Å². The van der Waals surface area contributed by atoms with Crippen molar-refractivity contribution in [3.8, 4) is 0 Å². The highest BCUT2D eigenvalue weighted by atomic mass is 31.0. The van der Waals surface area contributed by atoms with E-state index in [9.17, 15) is 4.39 Å². The summed E-state index contributed by atoms with van der Waals surface area (Å²) in [5.74, 6) is 0.386. The van der Waals surface area contributed by atoms with Crippen LogP contribution in [0.3, 0.4) is 0 Å². The Labute approximate surface area is 69.8 Å². The van der Waals surface area contributed by atoms with Gasteiger partial charge in [-0.15, -0.1) is 9.24 Å². The minimum atomic E-state index is 0.0752. The predicted octanol–water partition coefficient (Wildman–Crippen LogP) is 3.42. The lowest BCUT2D eigenvalue weighted by Crippen LogP contribution is -1.99. The zero-order chi connectivity index (χ0) is 8.43. The lowest BCUT2D eigenvalue weighted by atomic mass is 9.96. The third-order valence-corrected chi connectivity index (χ3v) is 2.36. The Morgan fingerprint density at radius 1 is 1.45 bits per heavy atom. The third kappa shape index (κ3) is 2.13. The predicted molar refractivity (Wildman–Crippen MR) is 50.0 cm³/mol. The summed E-state index contributed by atoms with van der Waals surface area (Å²) < 4.78 is 13.1.